The van der Waals surface area contributed by atoms with Gasteiger partial charge in [-0.3, -0.25) is 4.79 Å². The monoisotopic (exact) mass is 527 g/mol. The molecule has 4 aromatic rings. The standard InChI is InChI=1S/C31H26ClNO3S/c1-19-11-12-29(22(13-19)17-34)37-30-20(2)14-23(32)15-21(30)16-33-31(35)36-18-28-26-9-5-3-7-24(26)25-8-4-6-10-27(25)28/h3-15,17,28H,16,18H2,1-2H3,(H,33,35). The molecular formula is C31H26ClNO3S. The van der Waals surface area contributed by atoms with Gasteiger partial charge in [-0.15, -0.1) is 0 Å². The Morgan fingerprint density at radius 3 is 2.32 bits per heavy atom. The van der Waals surface area contributed by atoms with E-state index >= 15 is 0 Å². The van der Waals surface area contributed by atoms with Gasteiger partial charge in [-0.2, -0.15) is 0 Å². The van der Waals surface area contributed by atoms with Gasteiger partial charge < -0.3 is 10.1 Å². The van der Waals surface area contributed by atoms with Crippen LogP contribution >= 0.6 is 23.4 Å². The molecule has 0 saturated heterocycles. The average molecular weight is 528 g/mol. The molecule has 1 N–H and O–H groups in total. The first-order valence-corrected chi connectivity index (χ1v) is 13.3. The molecule has 4 aromatic carbocycles. The molecule has 0 aromatic heterocycles. The van der Waals surface area contributed by atoms with Gasteiger partial charge in [0.05, 0.1) is 0 Å². The molecule has 1 aliphatic carbocycles. The molecule has 1 aliphatic rings. The van der Waals surface area contributed by atoms with Crippen molar-refractivity contribution in [1.82, 2.24) is 5.32 Å². The number of ether oxygens (including phenoxy) is 1. The molecule has 37 heavy (non-hydrogen) atoms. The summed E-state index contributed by atoms with van der Waals surface area (Å²) in [5.41, 5.74) is 8.21. The second-order valence-corrected chi connectivity index (χ2v) is 10.6. The lowest BCUT2D eigenvalue weighted by atomic mass is 9.98. The fraction of sp³-hybridized carbons (Fsp3) is 0.161. The average Bonchev–Trinajstić information content (AvgIpc) is 3.22. The number of amides is 1. The van der Waals surface area contributed by atoms with E-state index < -0.39 is 6.09 Å². The normalized spacial score (nSPS) is 12.1. The molecule has 4 nitrogen and oxygen atoms in total. The third-order valence-corrected chi connectivity index (χ3v) is 8.19. The first kappa shape index (κ1) is 25.1. The van der Waals surface area contributed by atoms with Crippen molar-refractivity contribution < 1.29 is 14.3 Å². The number of aryl methyl sites for hydroxylation is 2. The number of fused-ring (bicyclic) bond motifs is 3. The molecule has 0 atom stereocenters. The molecule has 0 unspecified atom stereocenters. The third-order valence-electron chi connectivity index (χ3n) is 6.59. The number of nitrogens with one attached hydrogen (secondary N) is 1. The van der Waals surface area contributed by atoms with Gasteiger partial charge in [0.25, 0.3) is 0 Å². The molecular weight excluding hydrogens is 502 g/mol. The third kappa shape index (κ3) is 5.29. The number of rotatable bonds is 7. The van der Waals surface area contributed by atoms with Crippen LogP contribution in [0.15, 0.2) is 88.7 Å². The zero-order valence-electron chi connectivity index (χ0n) is 20.6. The van der Waals surface area contributed by atoms with Gasteiger partial charge in [0.15, 0.2) is 6.29 Å². The van der Waals surface area contributed by atoms with Crippen LogP contribution in [0.3, 0.4) is 0 Å². The molecule has 0 aliphatic heterocycles. The van der Waals surface area contributed by atoms with Crippen LogP contribution in [0.4, 0.5) is 4.79 Å². The highest BCUT2D eigenvalue weighted by Gasteiger charge is 2.29. The summed E-state index contributed by atoms with van der Waals surface area (Å²) in [6.45, 7) is 4.43. The Hall–Kier alpha value is -3.54. The summed E-state index contributed by atoms with van der Waals surface area (Å²) in [5, 5.41) is 3.48. The minimum atomic E-state index is -0.487. The summed E-state index contributed by atoms with van der Waals surface area (Å²) in [5.74, 6) is 0.000908. The molecule has 6 heteroatoms. The molecule has 1 amide bonds. The highest BCUT2D eigenvalue weighted by atomic mass is 35.5. The molecule has 5 rings (SSSR count). The summed E-state index contributed by atoms with van der Waals surface area (Å²) in [6.07, 6.45) is 0.384. The van der Waals surface area contributed by atoms with Crippen LogP contribution in [0, 0.1) is 13.8 Å². The summed E-state index contributed by atoms with van der Waals surface area (Å²) in [4.78, 5) is 26.2. The molecule has 0 heterocycles. The predicted molar refractivity (Wildman–Crippen MR) is 149 cm³/mol. The maximum Gasteiger partial charge on any atom is 0.407 e. The van der Waals surface area contributed by atoms with Crippen LogP contribution in [0.1, 0.15) is 44.1 Å². The number of halogens is 1. The second-order valence-electron chi connectivity index (χ2n) is 9.15. The Balaban J connectivity index is 1.29. The van der Waals surface area contributed by atoms with E-state index in [2.05, 4.69) is 29.6 Å². The Labute approximate surface area is 226 Å². The minimum absolute atomic E-state index is 0.000908. The fourth-order valence-corrected chi connectivity index (χ4v) is 6.21. The Morgan fingerprint density at radius 1 is 0.973 bits per heavy atom. The van der Waals surface area contributed by atoms with Gasteiger partial charge in [0, 0.05) is 32.8 Å². The van der Waals surface area contributed by atoms with Crippen molar-refractivity contribution in [2.75, 3.05) is 6.61 Å². The summed E-state index contributed by atoms with van der Waals surface area (Å²) < 4.78 is 5.69. The number of hydrogen-bond acceptors (Lipinski definition) is 4. The molecule has 186 valence electrons. The minimum Gasteiger partial charge on any atom is -0.449 e. The first-order chi connectivity index (χ1) is 17.9. The van der Waals surface area contributed by atoms with Crippen molar-refractivity contribution in [2.45, 2.75) is 36.1 Å². The predicted octanol–water partition coefficient (Wildman–Crippen LogP) is 7.96. The lowest BCUT2D eigenvalue weighted by Gasteiger charge is -2.17. The van der Waals surface area contributed by atoms with E-state index in [0.29, 0.717) is 10.6 Å². The van der Waals surface area contributed by atoms with E-state index in [1.165, 1.54) is 34.0 Å². The Bertz CT molecular complexity index is 1450. The quantitative estimate of drug-likeness (QED) is 0.248. The molecule has 0 bridgehead atoms. The molecule has 0 radical (unpaired) electrons. The summed E-state index contributed by atoms with van der Waals surface area (Å²) in [7, 11) is 0. The number of carbonyl (C=O) groups is 2. The zero-order chi connectivity index (χ0) is 25.9. The smallest absolute Gasteiger partial charge is 0.407 e. The van der Waals surface area contributed by atoms with Crippen molar-refractivity contribution in [3.05, 3.63) is 117 Å². The van der Waals surface area contributed by atoms with Gasteiger partial charge >= 0.3 is 6.09 Å². The topological polar surface area (TPSA) is 55.4 Å². The molecule has 0 fully saturated rings. The largest absolute Gasteiger partial charge is 0.449 e. The van der Waals surface area contributed by atoms with Gasteiger partial charge in [0.2, 0.25) is 0 Å². The maximum atomic E-state index is 12.8. The van der Waals surface area contributed by atoms with E-state index in [1.54, 1.807) is 0 Å². The van der Waals surface area contributed by atoms with E-state index in [4.69, 9.17) is 16.3 Å². The van der Waals surface area contributed by atoms with Crippen molar-refractivity contribution in [2.24, 2.45) is 0 Å². The van der Waals surface area contributed by atoms with E-state index in [-0.39, 0.29) is 19.1 Å². The second kappa shape index (κ2) is 10.8. The zero-order valence-corrected chi connectivity index (χ0v) is 22.2. The van der Waals surface area contributed by atoms with Gasteiger partial charge in [0.1, 0.15) is 6.61 Å². The molecule has 0 saturated carbocycles. The maximum absolute atomic E-state index is 12.8. The summed E-state index contributed by atoms with van der Waals surface area (Å²) >= 11 is 7.85. The van der Waals surface area contributed by atoms with Crippen molar-refractivity contribution >= 4 is 35.7 Å². The first-order valence-electron chi connectivity index (χ1n) is 12.1. The lowest BCUT2D eigenvalue weighted by Crippen LogP contribution is -2.26. The van der Waals surface area contributed by atoms with Crippen molar-refractivity contribution in [3.63, 3.8) is 0 Å². The van der Waals surface area contributed by atoms with E-state index in [0.717, 1.165) is 32.8 Å². The van der Waals surface area contributed by atoms with Crippen molar-refractivity contribution in [3.8, 4) is 11.1 Å². The number of carbonyl (C=O) groups excluding carboxylic acids is 2. The summed E-state index contributed by atoms with van der Waals surface area (Å²) in [6, 6.07) is 26.0. The van der Waals surface area contributed by atoms with Gasteiger partial charge in [-0.1, -0.05) is 83.5 Å². The highest BCUT2D eigenvalue weighted by molar-refractivity contribution is 7.99. The highest BCUT2D eigenvalue weighted by Crippen LogP contribution is 2.44. The van der Waals surface area contributed by atoms with Crippen molar-refractivity contribution in [1.29, 1.82) is 0 Å². The van der Waals surface area contributed by atoms with Crippen LogP contribution < -0.4 is 5.32 Å². The Kier molecular flexibility index (Phi) is 7.36. The number of hydrogen-bond donors (Lipinski definition) is 1. The molecule has 0 spiro atoms. The van der Waals surface area contributed by atoms with Crippen LogP contribution in [0.5, 0.6) is 0 Å². The number of aldehydes is 1. The SMILES string of the molecule is Cc1ccc(Sc2c(C)cc(Cl)cc2CNC(=O)OCC2c3ccccc3-c3ccccc32)c(C=O)c1. The van der Waals surface area contributed by atoms with Gasteiger partial charge in [-0.05, 0) is 71.5 Å². The van der Waals surface area contributed by atoms with Crippen LogP contribution in [0.25, 0.3) is 11.1 Å². The van der Waals surface area contributed by atoms with Crippen LogP contribution in [-0.4, -0.2) is 19.0 Å². The lowest BCUT2D eigenvalue weighted by molar-refractivity contribution is 0.112. The van der Waals surface area contributed by atoms with Crippen LogP contribution in [0.2, 0.25) is 5.02 Å². The van der Waals surface area contributed by atoms with E-state index in [1.807, 2.05) is 68.4 Å². The van der Waals surface area contributed by atoms with E-state index in [9.17, 15) is 9.59 Å². The Morgan fingerprint density at radius 2 is 1.65 bits per heavy atom. The number of benzene rings is 4. The fourth-order valence-electron chi connectivity index (χ4n) is 4.86. The number of alkyl carbamates (subject to hydrolysis) is 1. The van der Waals surface area contributed by atoms with Crippen LogP contribution in [-0.2, 0) is 11.3 Å². The van der Waals surface area contributed by atoms with Gasteiger partial charge in [-0.25, -0.2) is 4.79 Å².